The van der Waals surface area contributed by atoms with Crippen molar-refractivity contribution in [3.63, 3.8) is 0 Å². The van der Waals surface area contributed by atoms with Crippen LogP contribution in [-0.4, -0.2) is 5.11 Å². The standard InChI is InChI=1S/C7H4BrF3O/c8-4-2-1-3(7(10)11)6(12)5(4)9/h1-2,7,12H. The number of rotatable bonds is 1. The summed E-state index contributed by atoms with van der Waals surface area (Å²) >= 11 is 2.75. The van der Waals surface area contributed by atoms with Crippen LogP contribution in [0.3, 0.4) is 0 Å². The van der Waals surface area contributed by atoms with Crippen LogP contribution in [0.1, 0.15) is 12.0 Å². The molecule has 1 aromatic carbocycles. The second-order valence-electron chi connectivity index (χ2n) is 2.10. The van der Waals surface area contributed by atoms with Crippen LogP contribution in [-0.2, 0) is 0 Å². The van der Waals surface area contributed by atoms with Gasteiger partial charge in [-0.15, -0.1) is 0 Å². The van der Waals surface area contributed by atoms with Gasteiger partial charge in [0.15, 0.2) is 11.6 Å². The molecule has 66 valence electrons. The Bertz CT molecular complexity index is 301. The van der Waals surface area contributed by atoms with E-state index in [9.17, 15) is 13.2 Å². The molecule has 0 unspecified atom stereocenters. The van der Waals surface area contributed by atoms with Crippen LogP contribution < -0.4 is 0 Å². The highest BCUT2D eigenvalue weighted by atomic mass is 79.9. The van der Waals surface area contributed by atoms with Crippen molar-refractivity contribution in [3.05, 3.63) is 28.0 Å². The van der Waals surface area contributed by atoms with Gasteiger partial charge in [0.1, 0.15) is 0 Å². The van der Waals surface area contributed by atoms with Crippen LogP contribution in [0.2, 0.25) is 0 Å². The van der Waals surface area contributed by atoms with Gasteiger partial charge in [-0.05, 0) is 28.1 Å². The summed E-state index contributed by atoms with van der Waals surface area (Å²) < 4.78 is 36.7. The van der Waals surface area contributed by atoms with Gasteiger partial charge >= 0.3 is 0 Å². The van der Waals surface area contributed by atoms with Gasteiger partial charge in [0, 0.05) is 0 Å². The minimum Gasteiger partial charge on any atom is -0.504 e. The summed E-state index contributed by atoms with van der Waals surface area (Å²) in [5, 5.41) is 8.86. The molecule has 0 spiro atoms. The van der Waals surface area contributed by atoms with Gasteiger partial charge in [-0.1, -0.05) is 0 Å². The van der Waals surface area contributed by atoms with E-state index in [0.29, 0.717) is 0 Å². The molecule has 0 saturated carbocycles. The zero-order valence-electron chi connectivity index (χ0n) is 5.69. The molecule has 0 amide bonds. The third-order valence-electron chi connectivity index (χ3n) is 1.34. The maximum absolute atomic E-state index is 12.7. The fraction of sp³-hybridized carbons (Fsp3) is 0.143. The number of phenolic OH excluding ortho intramolecular Hbond substituents is 1. The highest BCUT2D eigenvalue weighted by Crippen LogP contribution is 2.33. The number of halogens is 4. The molecule has 0 aliphatic heterocycles. The SMILES string of the molecule is Oc1c(C(F)F)ccc(Br)c1F. The smallest absolute Gasteiger partial charge is 0.267 e. The topological polar surface area (TPSA) is 20.2 Å². The van der Waals surface area contributed by atoms with Gasteiger partial charge in [0.25, 0.3) is 6.43 Å². The Morgan fingerprint density at radius 1 is 1.33 bits per heavy atom. The fourth-order valence-corrected chi connectivity index (χ4v) is 1.05. The largest absolute Gasteiger partial charge is 0.504 e. The van der Waals surface area contributed by atoms with Crippen LogP contribution in [0.15, 0.2) is 16.6 Å². The molecule has 0 heterocycles. The predicted octanol–water partition coefficient (Wildman–Crippen LogP) is 3.23. The summed E-state index contributed by atoms with van der Waals surface area (Å²) in [7, 11) is 0. The molecule has 1 aromatic rings. The maximum atomic E-state index is 12.7. The van der Waals surface area contributed by atoms with Gasteiger partial charge in [0.2, 0.25) is 0 Å². The first-order chi connectivity index (χ1) is 5.54. The van der Waals surface area contributed by atoms with Crippen molar-refractivity contribution in [1.29, 1.82) is 0 Å². The summed E-state index contributed by atoms with van der Waals surface area (Å²) in [5.41, 5.74) is -0.698. The molecule has 0 aliphatic rings. The molecule has 1 rings (SSSR count). The van der Waals surface area contributed by atoms with E-state index >= 15 is 0 Å². The number of hydrogen-bond acceptors (Lipinski definition) is 1. The fourth-order valence-electron chi connectivity index (χ4n) is 0.731. The van der Waals surface area contributed by atoms with E-state index < -0.39 is 23.6 Å². The zero-order chi connectivity index (χ0) is 9.30. The number of hydrogen-bond donors (Lipinski definition) is 1. The molecule has 1 nitrogen and oxygen atoms in total. The average molecular weight is 241 g/mol. The summed E-state index contributed by atoms with van der Waals surface area (Å²) in [4.78, 5) is 0. The number of alkyl halides is 2. The molecule has 1 N–H and O–H groups in total. The van der Waals surface area contributed by atoms with E-state index in [2.05, 4.69) is 15.9 Å². The lowest BCUT2D eigenvalue weighted by atomic mass is 10.2. The van der Waals surface area contributed by atoms with Crippen LogP contribution in [0.25, 0.3) is 0 Å². The third kappa shape index (κ3) is 1.55. The van der Waals surface area contributed by atoms with Crippen molar-refractivity contribution < 1.29 is 18.3 Å². The first-order valence-corrected chi connectivity index (χ1v) is 3.78. The molecular weight excluding hydrogens is 237 g/mol. The average Bonchev–Trinajstić information content (AvgIpc) is 2.00. The lowest BCUT2D eigenvalue weighted by molar-refractivity contribution is 0.146. The van der Waals surface area contributed by atoms with E-state index in [0.717, 1.165) is 12.1 Å². The van der Waals surface area contributed by atoms with Crippen molar-refractivity contribution in [2.24, 2.45) is 0 Å². The van der Waals surface area contributed by atoms with E-state index in [1.54, 1.807) is 0 Å². The number of phenols is 1. The van der Waals surface area contributed by atoms with E-state index in [1.807, 2.05) is 0 Å². The van der Waals surface area contributed by atoms with Crippen LogP contribution >= 0.6 is 15.9 Å². The second-order valence-corrected chi connectivity index (χ2v) is 2.95. The van der Waals surface area contributed by atoms with Gasteiger partial charge in [-0.3, -0.25) is 0 Å². The Morgan fingerprint density at radius 2 is 1.92 bits per heavy atom. The Morgan fingerprint density at radius 3 is 2.42 bits per heavy atom. The summed E-state index contributed by atoms with van der Waals surface area (Å²) in [6.45, 7) is 0. The first-order valence-electron chi connectivity index (χ1n) is 2.99. The monoisotopic (exact) mass is 240 g/mol. The van der Waals surface area contributed by atoms with Crippen LogP contribution in [0.5, 0.6) is 5.75 Å². The molecule has 0 radical (unpaired) electrons. The second kappa shape index (κ2) is 3.35. The lowest BCUT2D eigenvalue weighted by Gasteiger charge is -2.04. The summed E-state index contributed by atoms with van der Waals surface area (Å²) in [6, 6.07) is 2.09. The number of benzene rings is 1. The van der Waals surface area contributed by atoms with Gasteiger partial charge in [-0.2, -0.15) is 0 Å². The van der Waals surface area contributed by atoms with E-state index in [-0.39, 0.29) is 4.47 Å². The molecule has 12 heavy (non-hydrogen) atoms. The normalized spacial score (nSPS) is 10.8. The van der Waals surface area contributed by atoms with E-state index in [1.165, 1.54) is 0 Å². The highest BCUT2D eigenvalue weighted by Gasteiger charge is 2.17. The molecule has 5 heteroatoms. The molecule has 0 atom stereocenters. The Hall–Kier alpha value is -0.710. The van der Waals surface area contributed by atoms with E-state index in [4.69, 9.17) is 5.11 Å². The molecule has 0 aromatic heterocycles. The quantitative estimate of drug-likeness (QED) is 0.800. The van der Waals surface area contributed by atoms with Gasteiger partial charge in [-0.25, -0.2) is 13.2 Å². The van der Waals surface area contributed by atoms with Gasteiger partial charge in [0.05, 0.1) is 10.0 Å². The molecule has 0 saturated heterocycles. The van der Waals surface area contributed by atoms with Crippen LogP contribution in [0, 0.1) is 5.82 Å². The third-order valence-corrected chi connectivity index (χ3v) is 1.95. The van der Waals surface area contributed by atoms with Crippen LogP contribution in [0.4, 0.5) is 13.2 Å². The maximum Gasteiger partial charge on any atom is 0.267 e. The Kier molecular flexibility index (Phi) is 2.62. The van der Waals surface area contributed by atoms with Crippen molar-refractivity contribution in [2.45, 2.75) is 6.43 Å². The minimum atomic E-state index is -2.87. The van der Waals surface area contributed by atoms with Crippen molar-refractivity contribution in [1.82, 2.24) is 0 Å². The highest BCUT2D eigenvalue weighted by molar-refractivity contribution is 9.10. The molecule has 0 bridgehead atoms. The summed E-state index contributed by atoms with van der Waals surface area (Å²) in [6.07, 6.45) is -2.87. The Balaban J connectivity index is 3.27. The number of aromatic hydroxyl groups is 1. The van der Waals surface area contributed by atoms with Gasteiger partial charge < -0.3 is 5.11 Å². The van der Waals surface area contributed by atoms with Crippen molar-refractivity contribution in [2.75, 3.05) is 0 Å². The molecule has 0 aliphatic carbocycles. The molecule has 0 fully saturated rings. The first kappa shape index (κ1) is 9.38. The minimum absolute atomic E-state index is 0.0376. The lowest BCUT2D eigenvalue weighted by Crippen LogP contribution is -1.89. The zero-order valence-corrected chi connectivity index (χ0v) is 7.28. The summed E-state index contributed by atoms with van der Waals surface area (Å²) in [5.74, 6) is -2.06. The Labute approximate surface area is 75.0 Å². The molecular formula is C7H4BrF3O. The van der Waals surface area contributed by atoms with Crippen molar-refractivity contribution >= 4 is 15.9 Å². The van der Waals surface area contributed by atoms with Crippen molar-refractivity contribution in [3.8, 4) is 5.75 Å². The predicted molar refractivity (Wildman–Crippen MR) is 40.7 cm³/mol.